The molecular weight excluding hydrogens is 675 g/mol. The van der Waals surface area contributed by atoms with Crippen molar-refractivity contribution in [2.24, 2.45) is 0 Å². The first-order valence-electron chi connectivity index (χ1n) is 19.6. The molecule has 10 aromatic rings. The quantitative estimate of drug-likeness (QED) is 0.161. The molecule has 0 fully saturated rings. The first-order valence-corrected chi connectivity index (χ1v) is 19.6. The Kier molecular flexibility index (Phi) is 7.28. The Morgan fingerprint density at radius 1 is 0.357 bits per heavy atom. The fraction of sp³-hybridized carbons (Fsp3) is 0.0545. The van der Waals surface area contributed by atoms with Crippen molar-refractivity contribution in [2.75, 3.05) is 4.90 Å². The van der Waals surface area contributed by atoms with Gasteiger partial charge in [-0.2, -0.15) is 0 Å². The van der Waals surface area contributed by atoms with Gasteiger partial charge in [0.25, 0.3) is 0 Å². The van der Waals surface area contributed by atoms with Crippen molar-refractivity contribution in [1.82, 2.24) is 0 Å². The number of anilines is 3. The summed E-state index contributed by atoms with van der Waals surface area (Å²) in [6, 6.07) is 74.0. The maximum Gasteiger partial charge on any atom is 0.0546 e. The number of fused-ring (bicyclic) bond motifs is 8. The van der Waals surface area contributed by atoms with Gasteiger partial charge < -0.3 is 4.90 Å². The molecule has 10 aromatic carbocycles. The van der Waals surface area contributed by atoms with Crippen LogP contribution in [0.5, 0.6) is 0 Å². The Morgan fingerprint density at radius 2 is 0.893 bits per heavy atom. The molecule has 264 valence electrons. The van der Waals surface area contributed by atoms with Gasteiger partial charge in [0, 0.05) is 22.4 Å². The van der Waals surface area contributed by atoms with Crippen molar-refractivity contribution in [3.63, 3.8) is 0 Å². The second-order valence-electron chi connectivity index (χ2n) is 15.7. The third-order valence-corrected chi connectivity index (χ3v) is 12.2. The summed E-state index contributed by atoms with van der Waals surface area (Å²) >= 11 is 0. The number of hydrogen-bond donors (Lipinski definition) is 0. The summed E-state index contributed by atoms with van der Waals surface area (Å²) in [6.07, 6.45) is 0. The molecule has 0 N–H and O–H groups in total. The number of rotatable bonds is 5. The average Bonchev–Trinajstić information content (AvgIpc) is 3.26. The first kappa shape index (κ1) is 32.5. The summed E-state index contributed by atoms with van der Waals surface area (Å²) in [5, 5.41) is 10.2. The summed E-state index contributed by atoms with van der Waals surface area (Å²) in [7, 11) is 0. The highest BCUT2D eigenvalue weighted by atomic mass is 15.1. The molecule has 0 spiro atoms. The SMILES string of the molecule is CC1(C)c2cc(-c3ccccc3)ccc2-c2c(N(c3ccc(-c4ccccc4)cc3)c3ccc4c5ccccc5c5ccccc5c4c3)ccc3cccc1c23. The fourth-order valence-corrected chi connectivity index (χ4v) is 9.48. The minimum absolute atomic E-state index is 0.198. The van der Waals surface area contributed by atoms with E-state index in [1.165, 1.54) is 93.3 Å². The van der Waals surface area contributed by atoms with Crippen LogP contribution in [0.25, 0.3) is 76.5 Å². The molecular formula is C55H39N. The van der Waals surface area contributed by atoms with Crippen LogP contribution in [0.3, 0.4) is 0 Å². The smallest absolute Gasteiger partial charge is 0.0546 e. The molecule has 0 amide bonds. The Morgan fingerprint density at radius 3 is 1.55 bits per heavy atom. The van der Waals surface area contributed by atoms with Gasteiger partial charge in [0.2, 0.25) is 0 Å². The second kappa shape index (κ2) is 12.5. The van der Waals surface area contributed by atoms with Crippen LogP contribution in [0.15, 0.2) is 200 Å². The molecule has 56 heavy (non-hydrogen) atoms. The first-order chi connectivity index (χ1) is 27.5. The molecule has 1 heteroatoms. The van der Waals surface area contributed by atoms with Gasteiger partial charge in [-0.05, 0) is 118 Å². The topological polar surface area (TPSA) is 3.24 Å². The highest BCUT2D eigenvalue weighted by molar-refractivity contribution is 6.26. The van der Waals surface area contributed by atoms with Crippen LogP contribution in [0.1, 0.15) is 25.0 Å². The third kappa shape index (κ3) is 4.94. The number of hydrogen-bond acceptors (Lipinski definition) is 1. The van der Waals surface area contributed by atoms with E-state index in [1.807, 2.05) is 0 Å². The molecule has 0 saturated carbocycles. The van der Waals surface area contributed by atoms with Crippen molar-refractivity contribution in [2.45, 2.75) is 19.3 Å². The van der Waals surface area contributed by atoms with Gasteiger partial charge >= 0.3 is 0 Å². The van der Waals surface area contributed by atoms with Crippen molar-refractivity contribution < 1.29 is 0 Å². The average molecular weight is 714 g/mol. The molecule has 1 aliphatic rings. The summed E-state index contributed by atoms with van der Waals surface area (Å²) < 4.78 is 0. The lowest BCUT2D eigenvalue weighted by molar-refractivity contribution is 0.645. The van der Waals surface area contributed by atoms with Crippen molar-refractivity contribution in [3.8, 4) is 33.4 Å². The standard InChI is InChI=1S/C55H39N/c1-55(2)50-23-13-18-39-27-33-52(54(53(39)50)48-31-26-40(34-51(48)55)37-16-7-4-8-17-37)56(41-28-24-38(25-29-41)36-14-5-3-6-15-36)42-30-32-47-45-21-10-9-19-43(45)44-20-11-12-22-46(44)49(47)35-42/h3-35H,1-2H3. The van der Waals surface area contributed by atoms with Crippen molar-refractivity contribution in [3.05, 3.63) is 211 Å². The van der Waals surface area contributed by atoms with Crippen molar-refractivity contribution in [1.29, 1.82) is 0 Å². The monoisotopic (exact) mass is 713 g/mol. The number of nitrogens with zero attached hydrogens (tertiary/aromatic N) is 1. The second-order valence-corrected chi connectivity index (χ2v) is 15.7. The summed E-state index contributed by atoms with van der Waals surface area (Å²) in [5.74, 6) is 0. The predicted octanol–water partition coefficient (Wildman–Crippen LogP) is 15.4. The van der Waals surface area contributed by atoms with Gasteiger partial charge in [-0.1, -0.05) is 178 Å². The lowest BCUT2D eigenvalue weighted by atomic mass is 9.67. The normalized spacial score (nSPS) is 13.0. The van der Waals surface area contributed by atoms with Gasteiger partial charge in [0.15, 0.2) is 0 Å². The van der Waals surface area contributed by atoms with Crippen LogP contribution in [0.2, 0.25) is 0 Å². The van der Waals surface area contributed by atoms with Crippen LogP contribution in [-0.2, 0) is 5.41 Å². The maximum absolute atomic E-state index is 2.50. The maximum atomic E-state index is 2.50. The van der Waals surface area contributed by atoms with E-state index in [-0.39, 0.29) is 5.41 Å². The molecule has 0 atom stereocenters. The molecule has 0 saturated heterocycles. The van der Waals surface area contributed by atoms with Gasteiger partial charge in [0.1, 0.15) is 0 Å². The van der Waals surface area contributed by atoms with Crippen LogP contribution in [0, 0.1) is 0 Å². The van der Waals surface area contributed by atoms with E-state index in [4.69, 9.17) is 0 Å². The molecule has 0 aromatic heterocycles. The Balaban J connectivity index is 1.21. The highest BCUT2D eigenvalue weighted by Crippen LogP contribution is 2.54. The summed E-state index contributed by atoms with van der Waals surface area (Å²) in [6.45, 7) is 4.79. The van der Waals surface area contributed by atoms with Gasteiger partial charge in [-0.25, -0.2) is 0 Å². The minimum atomic E-state index is -0.198. The largest absolute Gasteiger partial charge is 0.310 e. The van der Waals surface area contributed by atoms with Crippen LogP contribution in [-0.4, -0.2) is 0 Å². The van der Waals surface area contributed by atoms with E-state index in [9.17, 15) is 0 Å². The van der Waals surface area contributed by atoms with E-state index < -0.39 is 0 Å². The Labute approximate surface area is 327 Å². The van der Waals surface area contributed by atoms with Gasteiger partial charge in [-0.15, -0.1) is 0 Å². The molecule has 0 radical (unpaired) electrons. The summed E-state index contributed by atoms with van der Waals surface area (Å²) in [5.41, 5.74) is 13.4. The zero-order valence-electron chi connectivity index (χ0n) is 31.5. The van der Waals surface area contributed by atoms with E-state index in [0.717, 1.165) is 11.4 Å². The van der Waals surface area contributed by atoms with Crippen molar-refractivity contribution >= 4 is 60.2 Å². The van der Waals surface area contributed by atoms with E-state index in [2.05, 4.69) is 219 Å². The Hall–Kier alpha value is -6.96. The molecule has 0 bridgehead atoms. The van der Waals surface area contributed by atoms with Crippen LogP contribution < -0.4 is 4.90 Å². The molecule has 11 rings (SSSR count). The molecule has 1 nitrogen and oxygen atoms in total. The molecule has 0 unspecified atom stereocenters. The molecule has 1 aliphatic carbocycles. The van der Waals surface area contributed by atoms with Gasteiger partial charge in [-0.3, -0.25) is 0 Å². The molecule has 0 heterocycles. The Bertz CT molecular complexity index is 3100. The van der Waals surface area contributed by atoms with E-state index >= 15 is 0 Å². The lowest BCUT2D eigenvalue weighted by Crippen LogP contribution is -2.24. The minimum Gasteiger partial charge on any atom is -0.310 e. The fourth-order valence-electron chi connectivity index (χ4n) is 9.48. The zero-order valence-corrected chi connectivity index (χ0v) is 31.5. The summed E-state index contributed by atoms with van der Waals surface area (Å²) in [4.78, 5) is 2.50. The zero-order chi connectivity index (χ0) is 37.4. The van der Waals surface area contributed by atoms with E-state index in [0.29, 0.717) is 0 Å². The van der Waals surface area contributed by atoms with E-state index in [1.54, 1.807) is 0 Å². The van der Waals surface area contributed by atoms with Crippen LogP contribution in [0.4, 0.5) is 17.1 Å². The van der Waals surface area contributed by atoms with Crippen LogP contribution >= 0.6 is 0 Å². The highest BCUT2D eigenvalue weighted by Gasteiger charge is 2.36. The number of benzene rings is 10. The molecule has 0 aliphatic heterocycles. The van der Waals surface area contributed by atoms with Gasteiger partial charge in [0.05, 0.1) is 5.69 Å². The third-order valence-electron chi connectivity index (χ3n) is 12.2. The lowest BCUT2D eigenvalue weighted by Gasteiger charge is -2.38. The predicted molar refractivity (Wildman–Crippen MR) is 240 cm³/mol.